The van der Waals surface area contributed by atoms with Gasteiger partial charge in [0.05, 0.1) is 11.0 Å². The van der Waals surface area contributed by atoms with Gasteiger partial charge in [-0.05, 0) is 42.9 Å². The van der Waals surface area contributed by atoms with Gasteiger partial charge in [-0.1, -0.05) is 24.3 Å². The second-order valence-electron chi connectivity index (χ2n) is 8.73. The Bertz CT molecular complexity index is 1240. The minimum atomic E-state index is 0.302. The molecule has 1 aromatic carbocycles. The molecule has 4 heterocycles. The van der Waals surface area contributed by atoms with Crippen molar-refractivity contribution in [1.29, 1.82) is 0 Å². The first-order valence-electron chi connectivity index (χ1n) is 10.9. The summed E-state index contributed by atoms with van der Waals surface area (Å²) in [6, 6.07) is 12.5. The number of aromatic amines is 1. The molecule has 1 N–H and O–H groups in total. The van der Waals surface area contributed by atoms with E-state index in [2.05, 4.69) is 60.0 Å². The summed E-state index contributed by atoms with van der Waals surface area (Å²) in [5.74, 6) is 1.98. The molecule has 6 rings (SSSR count). The second kappa shape index (κ2) is 7.34. The lowest BCUT2D eigenvalue weighted by atomic mass is 10.0. The molecule has 7 nitrogen and oxygen atoms in total. The largest absolute Gasteiger partial charge is 0.360 e. The standard InChI is InChI=1S/C24H24N6O/c31-24(19-5-6-19)29-10-8-16(13-29)14-30-15-27-28-23(30)18-3-1-17(2-4-18)20-11-22-21(26-12-20)7-9-25-22/h1-4,7,9,11-12,15-16,19,25H,5-6,8,10,13-14H2/t16-/m0/s1. The SMILES string of the molecule is O=C(C1CC1)N1CC[C@H](Cn2cnnc2-c2ccc(-c3cnc4cc[nH]c4c3)cc2)C1. The van der Waals surface area contributed by atoms with Crippen molar-refractivity contribution in [1.82, 2.24) is 29.6 Å². The summed E-state index contributed by atoms with van der Waals surface area (Å²) in [5, 5.41) is 8.53. The van der Waals surface area contributed by atoms with E-state index in [0.717, 1.165) is 72.4 Å². The van der Waals surface area contributed by atoms with Crippen molar-refractivity contribution in [3.05, 3.63) is 55.1 Å². The van der Waals surface area contributed by atoms with E-state index in [1.807, 2.05) is 18.5 Å². The van der Waals surface area contributed by atoms with Crippen molar-refractivity contribution in [2.75, 3.05) is 13.1 Å². The highest BCUT2D eigenvalue weighted by Gasteiger charge is 2.36. The maximum atomic E-state index is 12.3. The molecule has 1 aliphatic carbocycles. The van der Waals surface area contributed by atoms with E-state index in [4.69, 9.17) is 0 Å². The quantitative estimate of drug-likeness (QED) is 0.541. The van der Waals surface area contributed by atoms with Crippen LogP contribution in [0.4, 0.5) is 0 Å². The number of pyridine rings is 1. The highest BCUT2D eigenvalue weighted by atomic mass is 16.2. The molecule has 31 heavy (non-hydrogen) atoms. The van der Waals surface area contributed by atoms with Crippen LogP contribution in [0.1, 0.15) is 19.3 Å². The van der Waals surface area contributed by atoms with Crippen LogP contribution in [0.5, 0.6) is 0 Å². The van der Waals surface area contributed by atoms with Gasteiger partial charge in [-0.25, -0.2) is 0 Å². The Kier molecular flexibility index (Phi) is 4.33. The third-order valence-electron chi connectivity index (χ3n) is 6.47. The number of benzene rings is 1. The molecule has 0 unspecified atom stereocenters. The van der Waals surface area contributed by atoms with Crippen LogP contribution >= 0.6 is 0 Å². The minimum Gasteiger partial charge on any atom is -0.360 e. The van der Waals surface area contributed by atoms with Crippen LogP contribution in [-0.2, 0) is 11.3 Å². The Labute approximate surface area is 180 Å². The van der Waals surface area contributed by atoms with Gasteiger partial charge in [0.2, 0.25) is 5.91 Å². The van der Waals surface area contributed by atoms with Crippen molar-refractivity contribution < 1.29 is 4.79 Å². The molecule has 1 saturated heterocycles. The van der Waals surface area contributed by atoms with Crippen LogP contribution in [0.3, 0.4) is 0 Å². The molecule has 1 saturated carbocycles. The zero-order valence-electron chi connectivity index (χ0n) is 17.2. The first-order valence-corrected chi connectivity index (χ1v) is 10.9. The van der Waals surface area contributed by atoms with Crippen LogP contribution in [0.2, 0.25) is 0 Å². The van der Waals surface area contributed by atoms with E-state index in [0.29, 0.717) is 17.7 Å². The highest BCUT2D eigenvalue weighted by Crippen LogP contribution is 2.33. The fraction of sp³-hybridized carbons (Fsp3) is 0.333. The summed E-state index contributed by atoms with van der Waals surface area (Å²) in [5.41, 5.74) is 5.24. The molecule has 1 atom stereocenters. The number of amides is 1. The smallest absolute Gasteiger partial charge is 0.225 e. The zero-order chi connectivity index (χ0) is 20.8. The normalized spacial score (nSPS) is 18.7. The maximum Gasteiger partial charge on any atom is 0.225 e. The van der Waals surface area contributed by atoms with E-state index in [1.165, 1.54) is 0 Å². The molecular formula is C24H24N6O. The second-order valence-corrected chi connectivity index (χ2v) is 8.73. The maximum absolute atomic E-state index is 12.3. The highest BCUT2D eigenvalue weighted by molar-refractivity contribution is 5.81. The van der Waals surface area contributed by atoms with E-state index in [9.17, 15) is 4.79 Å². The number of aromatic nitrogens is 5. The lowest BCUT2D eigenvalue weighted by molar-refractivity contribution is -0.131. The average Bonchev–Trinajstić information content (AvgIpc) is 3.17. The van der Waals surface area contributed by atoms with Gasteiger partial charge in [-0.15, -0.1) is 10.2 Å². The molecule has 3 aromatic heterocycles. The average molecular weight is 412 g/mol. The Morgan fingerprint density at radius 2 is 1.90 bits per heavy atom. The van der Waals surface area contributed by atoms with Gasteiger partial charge < -0.3 is 14.5 Å². The zero-order valence-corrected chi connectivity index (χ0v) is 17.2. The number of hydrogen-bond acceptors (Lipinski definition) is 4. The molecule has 4 aromatic rings. The Hall–Kier alpha value is -3.48. The molecule has 2 fully saturated rings. The van der Waals surface area contributed by atoms with E-state index >= 15 is 0 Å². The van der Waals surface area contributed by atoms with Crippen LogP contribution in [0.25, 0.3) is 33.5 Å². The van der Waals surface area contributed by atoms with Crippen molar-refractivity contribution >= 4 is 16.9 Å². The summed E-state index contributed by atoms with van der Waals surface area (Å²) in [7, 11) is 0. The topological polar surface area (TPSA) is 79.7 Å². The van der Waals surface area contributed by atoms with Crippen LogP contribution in [-0.4, -0.2) is 48.6 Å². The van der Waals surface area contributed by atoms with Gasteiger partial charge in [0.25, 0.3) is 0 Å². The Morgan fingerprint density at radius 3 is 2.74 bits per heavy atom. The van der Waals surface area contributed by atoms with E-state index in [-0.39, 0.29) is 0 Å². The monoisotopic (exact) mass is 412 g/mol. The molecule has 1 amide bonds. The van der Waals surface area contributed by atoms with Crippen molar-refractivity contribution in [3.8, 4) is 22.5 Å². The van der Waals surface area contributed by atoms with Gasteiger partial charge in [0, 0.05) is 49.1 Å². The number of likely N-dealkylation sites (tertiary alicyclic amines) is 1. The number of hydrogen-bond donors (Lipinski definition) is 1. The van der Waals surface area contributed by atoms with Gasteiger partial charge in [-0.3, -0.25) is 9.78 Å². The fourth-order valence-corrected chi connectivity index (χ4v) is 4.56. The third-order valence-corrected chi connectivity index (χ3v) is 6.47. The first-order chi connectivity index (χ1) is 15.2. The summed E-state index contributed by atoms with van der Waals surface area (Å²) in [6.07, 6.45) is 8.80. The molecule has 156 valence electrons. The summed E-state index contributed by atoms with van der Waals surface area (Å²) in [4.78, 5) is 22.1. The minimum absolute atomic E-state index is 0.302. The molecule has 2 aliphatic rings. The van der Waals surface area contributed by atoms with Crippen LogP contribution in [0, 0.1) is 11.8 Å². The van der Waals surface area contributed by atoms with Crippen molar-refractivity contribution in [2.45, 2.75) is 25.8 Å². The van der Waals surface area contributed by atoms with Gasteiger partial charge >= 0.3 is 0 Å². The number of rotatable bonds is 5. The Morgan fingerprint density at radius 1 is 1.06 bits per heavy atom. The summed E-state index contributed by atoms with van der Waals surface area (Å²) < 4.78 is 2.12. The first kappa shape index (κ1) is 18.3. The number of nitrogens with one attached hydrogen (secondary N) is 1. The van der Waals surface area contributed by atoms with Gasteiger partial charge in [0.1, 0.15) is 6.33 Å². The lowest BCUT2D eigenvalue weighted by Gasteiger charge is -2.17. The summed E-state index contributed by atoms with van der Waals surface area (Å²) in [6.45, 7) is 2.57. The fourth-order valence-electron chi connectivity index (χ4n) is 4.56. The molecule has 0 bridgehead atoms. The molecule has 1 aliphatic heterocycles. The predicted molar refractivity (Wildman–Crippen MR) is 118 cm³/mol. The number of fused-ring (bicyclic) bond motifs is 1. The molecular weight excluding hydrogens is 388 g/mol. The number of carbonyl (C=O) groups is 1. The van der Waals surface area contributed by atoms with Crippen LogP contribution in [0.15, 0.2) is 55.1 Å². The van der Waals surface area contributed by atoms with Crippen molar-refractivity contribution in [3.63, 3.8) is 0 Å². The number of nitrogens with zero attached hydrogens (tertiary/aromatic N) is 5. The Balaban J connectivity index is 1.18. The van der Waals surface area contributed by atoms with E-state index in [1.54, 1.807) is 6.33 Å². The predicted octanol–water partition coefficient (Wildman–Crippen LogP) is 3.75. The van der Waals surface area contributed by atoms with Crippen LogP contribution < -0.4 is 0 Å². The summed E-state index contributed by atoms with van der Waals surface area (Å²) >= 11 is 0. The molecule has 0 spiro atoms. The number of H-pyrrole nitrogens is 1. The molecule has 0 radical (unpaired) electrons. The third kappa shape index (κ3) is 3.50. The lowest BCUT2D eigenvalue weighted by Crippen LogP contribution is -2.30. The molecule has 7 heteroatoms. The van der Waals surface area contributed by atoms with E-state index < -0.39 is 0 Å². The number of carbonyl (C=O) groups excluding carboxylic acids is 1. The van der Waals surface area contributed by atoms with Gasteiger partial charge in [0.15, 0.2) is 5.82 Å². The van der Waals surface area contributed by atoms with Gasteiger partial charge in [-0.2, -0.15) is 0 Å². The van der Waals surface area contributed by atoms with Crippen molar-refractivity contribution in [2.24, 2.45) is 11.8 Å².